The Hall–Kier alpha value is -7.16. The van der Waals surface area contributed by atoms with E-state index in [0.717, 1.165) is 11.3 Å². The molecule has 280 valence electrons. The number of rotatable bonds is 5. The van der Waals surface area contributed by atoms with Gasteiger partial charge in [0.25, 0.3) is 0 Å². The topological polar surface area (TPSA) is 9.86 Å². The van der Waals surface area contributed by atoms with Crippen molar-refractivity contribution in [1.29, 1.82) is 0 Å². The summed E-state index contributed by atoms with van der Waals surface area (Å²) in [5.74, 6) is 0. The quantitative estimate of drug-likeness (QED) is 0.166. The highest BCUT2D eigenvalue weighted by atomic mass is 15.0. The van der Waals surface area contributed by atoms with E-state index in [4.69, 9.17) is 0 Å². The van der Waals surface area contributed by atoms with Crippen LogP contribution in [0.1, 0.15) is 44.4 Å². The molecule has 2 heteroatoms. The molecule has 58 heavy (non-hydrogen) atoms. The highest BCUT2D eigenvalue weighted by molar-refractivity contribution is 6.16. The van der Waals surface area contributed by atoms with Crippen LogP contribution in [0.25, 0.3) is 93.6 Å². The molecule has 8 aromatic carbocycles. The second-order valence-electron chi connectivity index (χ2n) is 14.8. The smallest absolute Gasteiger partial charge is 0.0541 e. The van der Waals surface area contributed by atoms with E-state index in [0.29, 0.717) is 0 Å². The molecule has 1 aliphatic carbocycles. The SMILES string of the molecule is C=C(C)c1ccc(-n2c3ccccc3c3cc(-c4ccc5c(c4)c4ccccc4n5-c4ccccc4)ccc32)cc1.C=CC1=C(C)c2cccc3cccc1c23.CC. The lowest BCUT2D eigenvalue weighted by molar-refractivity contribution is 1.18. The van der Waals surface area contributed by atoms with Crippen LogP contribution in [0.2, 0.25) is 0 Å². The van der Waals surface area contributed by atoms with Gasteiger partial charge in [-0.3, -0.25) is 0 Å². The molecule has 0 radical (unpaired) electrons. The minimum absolute atomic E-state index is 1.08. The third-order valence-electron chi connectivity index (χ3n) is 11.5. The van der Waals surface area contributed by atoms with Crippen LogP contribution in [0, 0.1) is 0 Å². The molecule has 0 unspecified atom stereocenters. The van der Waals surface area contributed by atoms with Gasteiger partial charge in [-0.05, 0) is 124 Å². The number of para-hydroxylation sites is 3. The zero-order chi connectivity index (χ0) is 39.9. The average Bonchev–Trinajstić information content (AvgIpc) is 3.90. The molecule has 0 atom stereocenters. The minimum atomic E-state index is 1.08. The molecular weight excluding hydrogens is 701 g/mol. The van der Waals surface area contributed by atoms with Gasteiger partial charge in [-0.1, -0.05) is 154 Å². The number of benzene rings is 8. The molecule has 0 spiro atoms. The number of hydrogen-bond acceptors (Lipinski definition) is 0. The first kappa shape index (κ1) is 36.5. The van der Waals surface area contributed by atoms with E-state index in [9.17, 15) is 0 Å². The molecule has 0 fully saturated rings. The van der Waals surface area contributed by atoms with E-state index in [1.54, 1.807) is 0 Å². The summed E-state index contributed by atoms with van der Waals surface area (Å²) in [4.78, 5) is 0. The van der Waals surface area contributed by atoms with Crippen molar-refractivity contribution in [2.75, 3.05) is 0 Å². The van der Waals surface area contributed by atoms with Crippen molar-refractivity contribution in [3.63, 3.8) is 0 Å². The van der Waals surface area contributed by atoms with Crippen LogP contribution < -0.4 is 0 Å². The van der Waals surface area contributed by atoms with Crippen molar-refractivity contribution < 1.29 is 0 Å². The third kappa shape index (κ3) is 5.97. The van der Waals surface area contributed by atoms with E-state index < -0.39 is 0 Å². The van der Waals surface area contributed by atoms with E-state index >= 15 is 0 Å². The van der Waals surface area contributed by atoms with Gasteiger partial charge in [0.1, 0.15) is 0 Å². The van der Waals surface area contributed by atoms with E-state index in [1.807, 2.05) is 26.8 Å². The molecule has 2 heterocycles. The maximum absolute atomic E-state index is 4.10. The summed E-state index contributed by atoms with van der Waals surface area (Å²) in [6, 6.07) is 63.5. The van der Waals surface area contributed by atoms with E-state index in [1.165, 1.54) is 99.0 Å². The second kappa shape index (κ2) is 15.1. The molecule has 0 N–H and O–H groups in total. The number of aromatic nitrogens is 2. The van der Waals surface area contributed by atoms with Crippen LogP contribution in [0.5, 0.6) is 0 Å². The van der Waals surface area contributed by atoms with Crippen LogP contribution in [0.15, 0.2) is 195 Å². The van der Waals surface area contributed by atoms with Gasteiger partial charge in [0, 0.05) is 32.9 Å². The van der Waals surface area contributed by atoms with Gasteiger partial charge < -0.3 is 9.13 Å². The van der Waals surface area contributed by atoms with Crippen molar-refractivity contribution in [1.82, 2.24) is 9.13 Å². The van der Waals surface area contributed by atoms with Crippen LogP contribution in [-0.4, -0.2) is 9.13 Å². The zero-order valence-electron chi connectivity index (χ0n) is 33.6. The highest BCUT2D eigenvalue weighted by Gasteiger charge is 2.19. The van der Waals surface area contributed by atoms with E-state index in [2.05, 4.69) is 205 Å². The maximum atomic E-state index is 4.10. The predicted molar refractivity (Wildman–Crippen MR) is 253 cm³/mol. The summed E-state index contributed by atoms with van der Waals surface area (Å²) in [6.07, 6.45) is 1.96. The lowest BCUT2D eigenvalue weighted by atomic mass is 10.0. The molecule has 2 aromatic heterocycles. The molecule has 0 bridgehead atoms. The van der Waals surface area contributed by atoms with Crippen LogP contribution in [-0.2, 0) is 0 Å². The Balaban J connectivity index is 0.000000214. The fourth-order valence-corrected chi connectivity index (χ4v) is 8.82. The van der Waals surface area contributed by atoms with Gasteiger partial charge in [0.05, 0.1) is 22.1 Å². The Morgan fingerprint density at radius 2 is 0.966 bits per heavy atom. The lowest BCUT2D eigenvalue weighted by Crippen LogP contribution is -1.94. The second-order valence-corrected chi connectivity index (χ2v) is 14.8. The first-order chi connectivity index (χ1) is 28.5. The first-order valence-electron chi connectivity index (χ1n) is 20.2. The Bertz CT molecular complexity index is 3220. The van der Waals surface area contributed by atoms with Gasteiger partial charge in [0.2, 0.25) is 0 Å². The zero-order valence-corrected chi connectivity index (χ0v) is 33.6. The van der Waals surface area contributed by atoms with Crippen molar-refractivity contribution in [2.45, 2.75) is 27.7 Å². The van der Waals surface area contributed by atoms with Gasteiger partial charge in [-0.15, -0.1) is 0 Å². The van der Waals surface area contributed by atoms with Gasteiger partial charge >= 0.3 is 0 Å². The van der Waals surface area contributed by atoms with Gasteiger partial charge in [-0.2, -0.15) is 0 Å². The highest BCUT2D eigenvalue weighted by Crippen LogP contribution is 2.42. The Morgan fingerprint density at radius 1 is 0.483 bits per heavy atom. The lowest BCUT2D eigenvalue weighted by Gasteiger charge is -2.10. The number of hydrogen-bond donors (Lipinski definition) is 0. The number of fused-ring (bicyclic) bond motifs is 6. The summed E-state index contributed by atoms with van der Waals surface area (Å²) in [5.41, 5.74) is 17.2. The molecular formula is C56H46N2. The molecule has 0 saturated heterocycles. The van der Waals surface area contributed by atoms with Crippen molar-refractivity contribution in [3.8, 4) is 22.5 Å². The molecule has 0 aliphatic heterocycles. The first-order valence-corrected chi connectivity index (χ1v) is 20.2. The summed E-state index contributed by atoms with van der Waals surface area (Å²) >= 11 is 0. The predicted octanol–water partition coefficient (Wildman–Crippen LogP) is 15.9. The fourth-order valence-electron chi connectivity index (χ4n) is 8.82. The molecule has 1 aliphatic rings. The van der Waals surface area contributed by atoms with Gasteiger partial charge in [0.15, 0.2) is 0 Å². The van der Waals surface area contributed by atoms with Crippen molar-refractivity contribution in [2.24, 2.45) is 0 Å². The summed E-state index contributed by atoms with van der Waals surface area (Å²) in [5, 5.41) is 7.75. The number of nitrogens with zero attached hydrogens (tertiary/aromatic N) is 2. The Labute approximate surface area is 340 Å². The maximum Gasteiger partial charge on any atom is 0.0541 e. The number of allylic oxidation sites excluding steroid dienone is 4. The van der Waals surface area contributed by atoms with Crippen LogP contribution in [0.4, 0.5) is 0 Å². The molecule has 0 saturated carbocycles. The normalized spacial score (nSPS) is 11.9. The third-order valence-corrected chi connectivity index (χ3v) is 11.5. The Morgan fingerprint density at radius 3 is 1.50 bits per heavy atom. The largest absolute Gasteiger partial charge is 0.309 e. The summed E-state index contributed by atoms with van der Waals surface area (Å²) < 4.78 is 4.73. The molecule has 11 rings (SSSR count). The van der Waals surface area contributed by atoms with Crippen molar-refractivity contribution >= 4 is 71.1 Å². The van der Waals surface area contributed by atoms with Crippen LogP contribution in [0.3, 0.4) is 0 Å². The Kier molecular flexibility index (Phi) is 9.47. The summed E-state index contributed by atoms with van der Waals surface area (Å²) in [7, 11) is 0. The minimum Gasteiger partial charge on any atom is -0.309 e. The van der Waals surface area contributed by atoms with Crippen LogP contribution >= 0.6 is 0 Å². The monoisotopic (exact) mass is 746 g/mol. The van der Waals surface area contributed by atoms with Crippen molar-refractivity contribution in [3.05, 3.63) is 212 Å². The standard InChI is InChI=1S/C39H28N2.C15H12.C2H6/c1-26(2)27-16-20-31(21-17-27)41-37-15-9-7-13-33(37)35-25-29(19-23-39(35)41)28-18-22-38-34(24-28)32-12-6-8-14-36(32)40(38)30-10-4-3-5-11-30;1-3-12-10(2)13-8-4-6-11-7-5-9-14(12)15(11)13;1-2/h3-25H,1H2,2H3;3-9H,1H2,2H3;1-2H3. The summed E-state index contributed by atoms with van der Waals surface area (Å²) in [6.45, 7) is 16.2. The molecule has 2 nitrogen and oxygen atoms in total. The molecule has 10 aromatic rings. The van der Waals surface area contributed by atoms with E-state index in [-0.39, 0.29) is 0 Å². The van der Waals surface area contributed by atoms with Gasteiger partial charge in [-0.25, -0.2) is 0 Å². The fraction of sp³-hybridized carbons (Fsp3) is 0.0714. The molecule has 0 amide bonds. The average molecular weight is 747 g/mol.